The summed E-state index contributed by atoms with van der Waals surface area (Å²) < 4.78 is 5.26. The molecule has 0 fully saturated rings. The van der Waals surface area contributed by atoms with Gasteiger partial charge in [-0.1, -0.05) is 6.42 Å². The van der Waals surface area contributed by atoms with E-state index < -0.39 is 11.6 Å². The van der Waals surface area contributed by atoms with Crippen LogP contribution >= 0.6 is 0 Å². The molecule has 0 aliphatic heterocycles. The normalized spacial score (nSPS) is 10.8. The predicted octanol–water partition coefficient (Wildman–Crippen LogP) is 1.99. The van der Waals surface area contributed by atoms with Crippen molar-refractivity contribution in [3.63, 3.8) is 0 Å². The van der Waals surface area contributed by atoms with E-state index >= 15 is 0 Å². The highest BCUT2D eigenvalue weighted by Crippen LogP contribution is 2.21. The Bertz CT molecular complexity index is 841. The van der Waals surface area contributed by atoms with Crippen molar-refractivity contribution in [1.29, 1.82) is 0 Å². The van der Waals surface area contributed by atoms with Crippen LogP contribution in [0.5, 0.6) is 0 Å². The smallest absolute Gasteiger partial charge is 0.340 e. The minimum atomic E-state index is -0.815. The summed E-state index contributed by atoms with van der Waals surface area (Å²) in [4.78, 5) is 34.6. The van der Waals surface area contributed by atoms with Crippen molar-refractivity contribution < 1.29 is 19.1 Å². The van der Waals surface area contributed by atoms with E-state index in [9.17, 15) is 14.4 Å². The number of unbranched alkanes of at least 4 members (excludes halogenated alkanes) is 2. The van der Waals surface area contributed by atoms with E-state index in [1.165, 1.54) is 0 Å². The Hall–Kier alpha value is -2.83. The lowest BCUT2D eigenvalue weighted by molar-refractivity contribution is -0.137. The molecule has 0 saturated carbocycles. The highest BCUT2D eigenvalue weighted by Gasteiger charge is 2.14. The monoisotopic (exact) mass is 346 g/mol. The number of carbonyl (C=O) groups is 2. The van der Waals surface area contributed by atoms with E-state index in [1.807, 2.05) is 0 Å². The van der Waals surface area contributed by atoms with E-state index in [0.717, 1.165) is 11.8 Å². The molecule has 7 nitrogen and oxygen atoms in total. The van der Waals surface area contributed by atoms with Crippen LogP contribution < -0.4 is 16.7 Å². The molecular weight excluding hydrogens is 324 g/mol. The number of hydrogen-bond acceptors (Lipinski definition) is 5. The largest absolute Gasteiger partial charge is 0.481 e. The number of aliphatic carboxylic acids is 1. The molecule has 2 aromatic rings. The van der Waals surface area contributed by atoms with Crippen molar-refractivity contribution in [3.05, 3.63) is 39.7 Å². The average Bonchev–Trinajstić information content (AvgIpc) is 2.54. The lowest BCUT2D eigenvalue weighted by Crippen LogP contribution is -2.28. The number of carbonyl (C=O) groups excluding carboxylic acids is 1. The zero-order chi connectivity index (χ0) is 18.4. The van der Waals surface area contributed by atoms with Crippen molar-refractivity contribution in [1.82, 2.24) is 5.32 Å². The fourth-order valence-corrected chi connectivity index (χ4v) is 2.64. The summed E-state index contributed by atoms with van der Waals surface area (Å²) in [7, 11) is 0. The first kappa shape index (κ1) is 18.5. The molecule has 7 heteroatoms. The molecule has 1 aromatic heterocycles. The molecule has 0 radical (unpaired) electrons. The molecule has 0 unspecified atom stereocenters. The van der Waals surface area contributed by atoms with Gasteiger partial charge < -0.3 is 20.6 Å². The van der Waals surface area contributed by atoms with Crippen LogP contribution in [0.25, 0.3) is 11.0 Å². The molecule has 1 amide bonds. The van der Waals surface area contributed by atoms with Crippen LogP contribution in [-0.4, -0.2) is 23.5 Å². The molecule has 4 N–H and O–H groups in total. The molecule has 25 heavy (non-hydrogen) atoms. The summed E-state index contributed by atoms with van der Waals surface area (Å²) in [5.41, 5.74) is 7.11. The molecule has 0 atom stereocenters. The zero-order valence-corrected chi connectivity index (χ0v) is 14.1. The highest BCUT2D eigenvalue weighted by atomic mass is 16.4. The number of aryl methyl sites for hydroxylation is 1. The number of carboxylic acid groups (broad SMARTS) is 1. The third-order valence-electron chi connectivity index (χ3n) is 4.04. The number of hydrogen-bond donors (Lipinski definition) is 3. The number of benzene rings is 1. The average molecular weight is 346 g/mol. The van der Waals surface area contributed by atoms with E-state index in [1.54, 1.807) is 25.1 Å². The van der Waals surface area contributed by atoms with Gasteiger partial charge in [0.2, 0.25) is 5.91 Å². The number of nitrogen functional groups attached to an aromatic ring is 1. The number of nitrogens with two attached hydrogens (primary N) is 1. The van der Waals surface area contributed by atoms with E-state index in [4.69, 9.17) is 15.3 Å². The minimum absolute atomic E-state index is 0.0520. The first-order valence-electron chi connectivity index (χ1n) is 8.19. The van der Waals surface area contributed by atoms with Gasteiger partial charge in [0.15, 0.2) is 0 Å². The first-order valence-corrected chi connectivity index (χ1v) is 8.19. The Morgan fingerprint density at radius 3 is 2.72 bits per heavy atom. The van der Waals surface area contributed by atoms with E-state index in [2.05, 4.69) is 5.32 Å². The topological polar surface area (TPSA) is 123 Å². The van der Waals surface area contributed by atoms with Gasteiger partial charge in [-0.2, -0.15) is 0 Å². The zero-order valence-electron chi connectivity index (χ0n) is 14.1. The summed E-state index contributed by atoms with van der Waals surface area (Å²) >= 11 is 0. The molecule has 134 valence electrons. The molecule has 0 aliphatic rings. The van der Waals surface area contributed by atoms with Gasteiger partial charge in [-0.3, -0.25) is 9.59 Å². The number of anilines is 1. The Kier molecular flexibility index (Phi) is 6.16. The van der Waals surface area contributed by atoms with Crippen molar-refractivity contribution >= 4 is 28.5 Å². The predicted molar refractivity (Wildman–Crippen MR) is 94.5 cm³/mol. The second kappa shape index (κ2) is 8.32. The quantitative estimate of drug-likeness (QED) is 0.382. The van der Waals surface area contributed by atoms with E-state index in [0.29, 0.717) is 41.8 Å². The standard InChI is InChI=1S/C18H22N2O5/c1-11-13-7-6-12(19)9-15(13)25-18(24)14(11)10-16(21)20-8-4-2-3-5-17(22)23/h6-7,9H,2-5,8,10,19H2,1H3,(H,20,21)(H,22,23). The fourth-order valence-electron chi connectivity index (χ4n) is 2.64. The number of fused-ring (bicyclic) bond motifs is 1. The van der Waals surface area contributed by atoms with Gasteiger partial charge in [-0.05, 0) is 37.5 Å². The van der Waals surface area contributed by atoms with Crippen LogP contribution in [0.15, 0.2) is 27.4 Å². The molecule has 0 spiro atoms. The molecule has 0 bridgehead atoms. The maximum atomic E-state index is 12.1. The number of nitrogens with one attached hydrogen (secondary N) is 1. The SMILES string of the molecule is Cc1c(CC(=O)NCCCCCC(=O)O)c(=O)oc2cc(N)ccc12. The van der Waals surface area contributed by atoms with Gasteiger partial charge in [0.1, 0.15) is 5.58 Å². The summed E-state index contributed by atoms with van der Waals surface area (Å²) in [6.45, 7) is 2.23. The van der Waals surface area contributed by atoms with Crippen molar-refractivity contribution in [3.8, 4) is 0 Å². The summed E-state index contributed by atoms with van der Waals surface area (Å²) in [5.74, 6) is -1.08. The summed E-state index contributed by atoms with van der Waals surface area (Å²) in [6, 6.07) is 5.08. The second-order valence-corrected chi connectivity index (χ2v) is 5.98. The van der Waals surface area contributed by atoms with Gasteiger partial charge in [-0.15, -0.1) is 0 Å². The molecule has 1 aromatic carbocycles. The minimum Gasteiger partial charge on any atom is -0.481 e. The molecular formula is C18H22N2O5. The van der Waals surface area contributed by atoms with Crippen LogP contribution in [0.3, 0.4) is 0 Å². The van der Waals surface area contributed by atoms with Crippen LogP contribution in [0.1, 0.15) is 36.8 Å². The highest BCUT2D eigenvalue weighted by molar-refractivity contribution is 5.86. The Morgan fingerprint density at radius 1 is 1.24 bits per heavy atom. The van der Waals surface area contributed by atoms with Gasteiger partial charge in [0.05, 0.1) is 12.0 Å². The van der Waals surface area contributed by atoms with Crippen LogP contribution in [0.4, 0.5) is 5.69 Å². The summed E-state index contributed by atoms with van der Waals surface area (Å²) in [5, 5.41) is 12.0. The van der Waals surface area contributed by atoms with Crippen LogP contribution in [0, 0.1) is 6.92 Å². The molecule has 2 rings (SSSR count). The first-order chi connectivity index (χ1) is 11.9. The van der Waals surface area contributed by atoms with E-state index in [-0.39, 0.29) is 18.7 Å². The molecule has 1 heterocycles. The number of amides is 1. The molecule has 0 aliphatic carbocycles. The fraction of sp³-hybridized carbons (Fsp3) is 0.389. The Balaban J connectivity index is 1.96. The lowest BCUT2D eigenvalue weighted by atomic mass is 10.0. The Labute approximate surface area is 144 Å². The van der Waals surface area contributed by atoms with Crippen LogP contribution in [-0.2, 0) is 16.0 Å². The molecule has 0 saturated heterocycles. The number of rotatable bonds is 8. The third-order valence-corrected chi connectivity index (χ3v) is 4.04. The second-order valence-electron chi connectivity index (χ2n) is 5.98. The summed E-state index contributed by atoms with van der Waals surface area (Å²) in [6.07, 6.45) is 2.09. The van der Waals surface area contributed by atoms with Gasteiger partial charge in [0.25, 0.3) is 0 Å². The third kappa shape index (κ3) is 5.07. The maximum Gasteiger partial charge on any atom is 0.340 e. The number of carboxylic acids is 1. The van der Waals surface area contributed by atoms with Crippen molar-refractivity contribution in [2.45, 2.75) is 39.0 Å². The Morgan fingerprint density at radius 2 is 2.00 bits per heavy atom. The van der Waals surface area contributed by atoms with Crippen molar-refractivity contribution in [2.24, 2.45) is 0 Å². The van der Waals surface area contributed by atoms with Gasteiger partial charge >= 0.3 is 11.6 Å². The lowest BCUT2D eigenvalue weighted by Gasteiger charge is -2.09. The van der Waals surface area contributed by atoms with Gasteiger partial charge in [0, 0.05) is 30.1 Å². The maximum absolute atomic E-state index is 12.1. The van der Waals surface area contributed by atoms with Gasteiger partial charge in [-0.25, -0.2) is 4.79 Å². The van der Waals surface area contributed by atoms with Crippen LogP contribution in [0.2, 0.25) is 0 Å². The van der Waals surface area contributed by atoms with Crippen molar-refractivity contribution in [2.75, 3.05) is 12.3 Å².